The summed E-state index contributed by atoms with van der Waals surface area (Å²) in [5.74, 6) is 0.670. The van der Waals surface area contributed by atoms with Gasteiger partial charge in [-0.2, -0.15) is 0 Å². The molecule has 0 aliphatic carbocycles. The first kappa shape index (κ1) is 13.1. The number of amides is 1. The van der Waals surface area contributed by atoms with Crippen LogP contribution in [0.15, 0.2) is 18.2 Å². The number of hydrogen-bond acceptors (Lipinski definition) is 2. The van der Waals surface area contributed by atoms with Gasteiger partial charge < -0.3 is 10.1 Å². The number of halogens is 2. The zero-order valence-electron chi connectivity index (χ0n) is 8.93. The van der Waals surface area contributed by atoms with Crippen molar-refractivity contribution in [3.05, 3.63) is 28.2 Å². The number of nitrogens with one attached hydrogen (secondary N) is 1. The summed E-state index contributed by atoms with van der Waals surface area (Å²) in [6, 6.07) is 5.08. The van der Waals surface area contributed by atoms with Crippen molar-refractivity contribution in [3.8, 4) is 5.75 Å². The lowest BCUT2D eigenvalue weighted by atomic mass is 10.3. The number of ether oxygens (including phenoxy) is 1. The minimum absolute atomic E-state index is 0.0118. The summed E-state index contributed by atoms with van der Waals surface area (Å²) in [5.41, 5.74) is 0. The van der Waals surface area contributed by atoms with E-state index in [0.29, 0.717) is 35.2 Å². The van der Waals surface area contributed by atoms with Crippen LogP contribution in [0, 0.1) is 0 Å². The van der Waals surface area contributed by atoms with Crippen LogP contribution in [0.3, 0.4) is 0 Å². The van der Waals surface area contributed by atoms with E-state index in [1.165, 1.54) is 0 Å². The van der Waals surface area contributed by atoms with Crippen molar-refractivity contribution in [2.45, 2.75) is 12.8 Å². The normalized spacial score (nSPS) is 9.94. The molecule has 0 saturated carbocycles. The van der Waals surface area contributed by atoms with Crippen molar-refractivity contribution >= 4 is 29.1 Å². The van der Waals surface area contributed by atoms with E-state index in [1.807, 2.05) is 0 Å². The SMILES string of the molecule is CNC(=O)CCCOc1ccc(Cl)c(Cl)c1. The Morgan fingerprint density at radius 3 is 2.75 bits per heavy atom. The third-order valence-electron chi connectivity index (χ3n) is 1.99. The number of carbonyl (C=O) groups is 1. The Kier molecular flexibility index (Phi) is 5.43. The molecule has 0 heterocycles. The molecule has 1 rings (SSSR count). The Hall–Kier alpha value is -0.930. The van der Waals surface area contributed by atoms with Gasteiger partial charge in [-0.05, 0) is 18.6 Å². The van der Waals surface area contributed by atoms with E-state index in [1.54, 1.807) is 25.2 Å². The van der Waals surface area contributed by atoms with Crippen LogP contribution in [-0.2, 0) is 4.79 Å². The number of hydrogen-bond donors (Lipinski definition) is 1. The van der Waals surface area contributed by atoms with Gasteiger partial charge in [0.15, 0.2) is 0 Å². The van der Waals surface area contributed by atoms with E-state index in [0.717, 1.165) is 0 Å². The van der Waals surface area contributed by atoms with Gasteiger partial charge in [-0.1, -0.05) is 23.2 Å². The third kappa shape index (κ3) is 4.29. The highest BCUT2D eigenvalue weighted by Crippen LogP contribution is 2.26. The first-order chi connectivity index (χ1) is 7.63. The van der Waals surface area contributed by atoms with Crippen molar-refractivity contribution in [2.75, 3.05) is 13.7 Å². The van der Waals surface area contributed by atoms with Crippen LogP contribution >= 0.6 is 23.2 Å². The molecule has 0 aliphatic heterocycles. The molecule has 0 spiro atoms. The lowest BCUT2D eigenvalue weighted by Gasteiger charge is -2.06. The number of benzene rings is 1. The van der Waals surface area contributed by atoms with Gasteiger partial charge in [0, 0.05) is 19.5 Å². The molecule has 0 radical (unpaired) electrons. The molecule has 1 N–H and O–H groups in total. The molecule has 0 aromatic heterocycles. The van der Waals surface area contributed by atoms with E-state index in [4.69, 9.17) is 27.9 Å². The highest BCUT2D eigenvalue weighted by molar-refractivity contribution is 6.42. The van der Waals surface area contributed by atoms with E-state index in [2.05, 4.69) is 5.32 Å². The number of rotatable bonds is 5. The lowest BCUT2D eigenvalue weighted by molar-refractivity contribution is -0.120. The Bertz CT molecular complexity index is 369. The van der Waals surface area contributed by atoms with Crippen LogP contribution in [-0.4, -0.2) is 19.6 Å². The average molecular weight is 262 g/mol. The van der Waals surface area contributed by atoms with Crippen molar-refractivity contribution < 1.29 is 9.53 Å². The zero-order valence-corrected chi connectivity index (χ0v) is 10.4. The van der Waals surface area contributed by atoms with E-state index >= 15 is 0 Å². The van der Waals surface area contributed by atoms with Gasteiger partial charge in [0.2, 0.25) is 5.91 Å². The molecule has 5 heteroatoms. The van der Waals surface area contributed by atoms with Gasteiger partial charge in [-0.25, -0.2) is 0 Å². The molecule has 1 aromatic carbocycles. The second-order valence-electron chi connectivity index (χ2n) is 3.20. The van der Waals surface area contributed by atoms with Crippen molar-refractivity contribution in [3.63, 3.8) is 0 Å². The molecule has 16 heavy (non-hydrogen) atoms. The first-order valence-corrected chi connectivity index (χ1v) is 5.67. The first-order valence-electron chi connectivity index (χ1n) is 4.92. The van der Waals surface area contributed by atoms with Crippen molar-refractivity contribution in [1.29, 1.82) is 0 Å². The Morgan fingerprint density at radius 1 is 1.38 bits per heavy atom. The zero-order chi connectivity index (χ0) is 12.0. The lowest BCUT2D eigenvalue weighted by Crippen LogP contribution is -2.18. The molecule has 0 aliphatic rings. The summed E-state index contributed by atoms with van der Waals surface area (Å²) in [6.45, 7) is 0.478. The smallest absolute Gasteiger partial charge is 0.219 e. The minimum Gasteiger partial charge on any atom is -0.494 e. The summed E-state index contributed by atoms with van der Waals surface area (Å²) in [6.07, 6.45) is 1.12. The molecule has 1 amide bonds. The molecule has 88 valence electrons. The molecular formula is C11H13Cl2NO2. The van der Waals surface area contributed by atoms with Gasteiger partial charge in [-0.15, -0.1) is 0 Å². The summed E-state index contributed by atoms with van der Waals surface area (Å²) < 4.78 is 5.41. The van der Waals surface area contributed by atoms with Crippen molar-refractivity contribution in [2.24, 2.45) is 0 Å². The van der Waals surface area contributed by atoms with Gasteiger partial charge in [0.1, 0.15) is 5.75 Å². The van der Waals surface area contributed by atoms with E-state index < -0.39 is 0 Å². The standard InChI is InChI=1S/C11H13Cl2NO2/c1-14-11(15)3-2-6-16-8-4-5-9(12)10(13)7-8/h4-5,7H,2-3,6H2,1H3,(H,14,15). The van der Waals surface area contributed by atoms with Crippen LogP contribution in [0.4, 0.5) is 0 Å². The predicted octanol–water partition coefficient (Wildman–Crippen LogP) is 2.90. The van der Waals surface area contributed by atoms with Crippen LogP contribution in [0.2, 0.25) is 10.0 Å². The van der Waals surface area contributed by atoms with Crippen LogP contribution in [0.25, 0.3) is 0 Å². The van der Waals surface area contributed by atoms with E-state index in [9.17, 15) is 4.79 Å². The molecule has 0 fully saturated rings. The van der Waals surface area contributed by atoms with Crippen molar-refractivity contribution in [1.82, 2.24) is 5.32 Å². The Balaban J connectivity index is 2.32. The summed E-state index contributed by atoms with van der Waals surface area (Å²) in [5, 5.41) is 3.51. The monoisotopic (exact) mass is 261 g/mol. The van der Waals surface area contributed by atoms with Crippen LogP contribution < -0.4 is 10.1 Å². The highest BCUT2D eigenvalue weighted by Gasteiger charge is 2.01. The third-order valence-corrected chi connectivity index (χ3v) is 2.73. The number of carbonyl (C=O) groups excluding carboxylic acids is 1. The van der Waals surface area contributed by atoms with E-state index in [-0.39, 0.29) is 5.91 Å². The largest absolute Gasteiger partial charge is 0.494 e. The average Bonchev–Trinajstić information content (AvgIpc) is 2.28. The maximum atomic E-state index is 10.9. The quantitative estimate of drug-likeness (QED) is 0.828. The fourth-order valence-corrected chi connectivity index (χ4v) is 1.40. The maximum Gasteiger partial charge on any atom is 0.219 e. The van der Waals surface area contributed by atoms with Gasteiger partial charge >= 0.3 is 0 Å². The molecule has 3 nitrogen and oxygen atoms in total. The molecule has 0 unspecified atom stereocenters. The maximum absolute atomic E-state index is 10.9. The fourth-order valence-electron chi connectivity index (χ4n) is 1.11. The van der Waals surface area contributed by atoms with Gasteiger partial charge in [0.05, 0.1) is 16.7 Å². The molecule has 0 bridgehead atoms. The predicted molar refractivity (Wildman–Crippen MR) is 65.3 cm³/mol. The fraction of sp³-hybridized carbons (Fsp3) is 0.364. The second-order valence-corrected chi connectivity index (χ2v) is 4.02. The summed E-state index contributed by atoms with van der Waals surface area (Å²) >= 11 is 11.6. The summed E-state index contributed by atoms with van der Waals surface area (Å²) in [4.78, 5) is 10.9. The second kappa shape index (κ2) is 6.61. The van der Waals surface area contributed by atoms with Crippen LogP contribution in [0.1, 0.15) is 12.8 Å². The Morgan fingerprint density at radius 2 is 2.12 bits per heavy atom. The molecule has 0 saturated heterocycles. The molecule has 0 atom stereocenters. The molecular weight excluding hydrogens is 249 g/mol. The highest BCUT2D eigenvalue weighted by atomic mass is 35.5. The van der Waals surface area contributed by atoms with Gasteiger partial charge in [-0.3, -0.25) is 4.79 Å². The topological polar surface area (TPSA) is 38.3 Å². The van der Waals surface area contributed by atoms with Gasteiger partial charge in [0.25, 0.3) is 0 Å². The van der Waals surface area contributed by atoms with Crippen LogP contribution in [0.5, 0.6) is 5.75 Å². The Labute approximate surface area is 105 Å². The summed E-state index contributed by atoms with van der Waals surface area (Å²) in [7, 11) is 1.61. The molecule has 1 aromatic rings. The minimum atomic E-state index is 0.0118.